The van der Waals surface area contributed by atoms with Crippen molar-refractivity contribution in [2.45, 2.75) is 66.4 Å². The Hall–Kier alpha value is -1.35. The lowest BCUT2D eigenvalue weighted by Crippen LogP contribution is -2.26. The van der Waals surface area contributed by atoms with E-state index in [1.54, 1.807) is 0 Å². The molecule has 0 spiro atoms. The van der Waals surface area contributed by atoms with Crippen molar-refractivity contribution in [3.05, 3.63) is 35.9 Å². The number of benzene rings is 1. The molecule has 1 aromatic rings. The summed E-state index contributed by atoms with van der Waals surface area (Å²) in [4.78, 5) is 12.1. The molecule has 1 N–H and O–H groups in total. The van der Waals surface area contributed by atoms with E-state index in [1.807, 2.05) is 30.3 Å². The van der Waals surface area contributed by atoms with Crippen LogP contribution in [0.25, 0.3) is 0 Å². The van der Waals surface area contributed by atoms with Gasteiger partial charge in [-0.15, -0.1) is 0 Å². The van der Waals surface area contributed by atoms with Crippen LogP contribution >= 0.6 is 0 Å². The van der Waals surface area contributed by atoms with E-state index >= 15 is 0 Å². The summed E-state index contributed by atoms with van der Waals surface area (Å²) < 4.78 is 5.42. The van der Waals surface area contributed by atoms with Gasteiger partial charge >= 0.3 is 5.97 Å². The first-order valence-electron chi connectivity index (χ1n) is 10.7. The lowest BCUT2D eigenvalue weighted by Gasteiger charge is -2.31. The van der Waals surface area contributed by atoms with E-state index in [1.165, 1.54) is 12.8 Å². The smallest absolute Gasteiger partial charge is 0.306 e. The van der Waals surface area contributed by atoms with Gasteiger partial charge in [-0.1, -0.05) is 58.0 Å². The monoisotopic (exact) mass is 374 g/mol. The van der Waals surface area contributed by atoms with Crippen molar-refractivity contribution in [1.82, 2.24) is 0 Å². The van der Waals surface area contributed by atoms with Crippen LogP contribution in [0.5, 0.6) is 0 Å². The van der Waals surface area contributed by atoms with Crippen LogP contribution in [-0.4, -0.2) is 17.7 Å². The van der Waals surface area contributed by atoms with Crippen molar-refractivity contribution >= 4 is 5.97 Å². The molecule has 0 aromatic heterocycles. The van der Waals surface area contributed by atoms with Crippen LogP contribution in [0, 0.1) is 35.5 Å². The fourth-order valence-corrected chi connectivity index (χ4v) is 5.06. The van der Waals surface area contributed by atoms with Gasteiger partial charge in [-0.25, -0.2) is 0 Å². The Labute approximate surface area is 165 Å². The average Bonchev–Trinajstić information content (AvgIpc) is 3.04. The first-order valence-corrected chi connectivity index (χ1v) is 10.7. The molecule has 2 rings (SSSR count). The quantitative estimate of drug-likeness (QED) is 0.553. The molecular weight excluding hydrogens is 336 g/mol. The number of carbonyl (C=O) groups is 1. The molecule has 0 aliphatic heterocycles. The summed E-state index contributed by atoms with van der Waals surface area (Å²) in [7, 11) is 0. The Morgan fingerprint density at radius 2 is 1.81 bits per heavy atom. The maximum atomic E-state index is 12.1. The molecule has 3 heteroatoms. The lowest BCUT2D eigenvalue weighted by atomic mass is 9.75. The third-order valence-electron chi connectivity index (χ3n) is 6.58. The summed E-state index contributed by atoms with van der Waals surface area (Å²) in [5.74, 6) is 3.37. The maximum absolute atomic E-state index is 12.1. The zero-order chi connectivity index (χ0) is 19.8. The first-order chi connectivity index (χ1) is 12.9. The molecule has 1 fully saturated rings. The molecule has 3 nitrogen and oxygen atoms in total. The molecule has 0 amide bonds. The van der Waals surface area contributed by atoms with E-state index in [0.717, 1.165) is 18.4 Å². The highest BCUT2D eigenvalue weighted by atomic mass is 16.5. The minimum atomic E-state index is -0.0963. The lowest BCUT2D eigenvalue weighted by molar-refractivity contribution is -0.145. The summed E-state index contributed by atoms with van der Waals surface area (Å²) in [5.41, 5.74) is 1.03. The molecule has 5 atom stereocenters. The van der Waals surface area contributed by atoms with E-state index in [0.29, 0.717) is 55.1 Å². The topological polar surface area (TPSA) is 46.5 Å². The van der Waals surface area contributed by atoms with Crippen molar-refractivity contribution in [3.8, 4) is 0 Å². The van der Waals surface area contributed by atoms with Crippen LogP contribution in [0.15, 0.2) is 30.3 Å². The van der Waals surface area contributed by atoms with E-state index in [-0.39, 0.29) is 5.97 Å². The van der Waals surface area contributed by atoms with Gasteiger partial charge in [0.2, 0.25) is 0 Å². The number of hydrogen-bond acceptors (Lipinski definition) is 3. The molecule has 152 valence electrons. The summed E-state index contributed by atoms with van der Waals surface area (Å²) in [6.45, 7) is 9.79. The van der Waals surface area contributed by atoms with E-state index in [2.05, 4.69) is 27.7 Å². The van der Waals surface area contributed by atoms with Crippen molar-refractivity contribution in [2.75, 3.05) is 6.61 Å². The number of aliphatic hydroxyl groups excluding tert-OH is 1. The molecule has 0 radical (unpaired) electrons. The van der Waals surface area contributed by atoms with Gasteiger partial charge in [0, 0.05) is 13.0 Å². The highest BCUT2D eigenvalue weighted by molar-refractivity contribution is 5.69. The molecular formula is C24H38O3. The molecule has 27 heavy (non-hydrogen) atoms. The number of carbonyl (C=O) groups excluding carboxylic acids is 1. The van der Waals surface area contributed by atoms with Crippen LogP contribution in [0.1, 0.15) is 65.4 Å². The molecule has 0 bridgehead atoms. The second kappa shape index (κ2) is 10.8. The summed E-state index contributed by atoms with van der Waals surface area (Å²) in [6.07, 6.45) is 4.94. The molecule has 1 aliphatic carbocycles. The predicted molar refractivity (Wildman–Crippen MR) is 110 cm³/mol. The zero-order valence-electron chi connectivity index (χ0n) is 17.6. The second-order valence-corrected chi connectivity index (χ2v) is 9.00. The van der Waals surface area contributed by atoms with E-state index in [9.17, 15) is 9.90 Å². The van der Waals surface area contributed by atoms with Crippen LogP contribution in [0.3, 0.4) is 0 Å². The Morgan fingerprint density at radius 1 is 1.15 bits per heavy atom. The minimum absolute atomic E-state index is 0.0963. The number of aliphatic hydroxyl groups is 1. The molecule has 0 saturated heterocycles. The van der Waals surface area contributed by atoms with Gasteiger partial charge in [-0.3, -0.25) is 4.79 Å². The van der Waals surface area contributed by atoms with Crippen LogP contribution in [0.4, 0.5) is 0 Å². The fourth-order valence-electron chi connectivity index (χ4n) is 5.06. The maximum Gasteiger partial charge on any atom is 0.306 e. The summed E-state index contributed by atoms with van der Waals surface area (Å²) in [5, 5.41) is 9.85. The van der Waals surface area contributed by atoms with Crippen molar-refractivity contribution in [1.29, 1.82) is 0 Å². The average molecular weight is 375 g/mol. The third-order valence-corrected chi connectivity index (χ3v) is 6.58. The Bertz CT molecular complexity index is 554. The summed E-state index contributed by atoms with van der Waals surface area (Å²) >= 11 is 0. The molecule has 1 aliphatic rings. The van der Waals surface area contributed by atoms with Crippen molar-refractivity contribution < 1.29 is 14.6 Å². The molecule has 1 unspecified atom stereocenters. The van der Waals surface area contributed by atoms with Crippen LogP contribution in [-0.2, 0) is 16.1 Å². The van der Waals surface area contributed by atoms with Gasteiger partial charge in [0.05, 0.1) is 0 Å². The van der Waals surface area contributed by atoms with Gasteiger partial charge < -0.3 is 9.84 Å². The third kappa shape index (κ3) is 6.64. The van der Waals surface area contributed by atoms with Gasteiger partial charge in [-0.05, 0) is 66.8 Å². The van der Waals surface area contributed by atoms with E-state index < -0.39 is 0 Å². The van der Waals surface area contributed by atoms with E-state index in [4.69, 9.17) is 4.74 Å². The zero-order valence-corrected chi connectivity index (χ0v) is 17.6. The van der Waals surface area contributed by atoms with Gasteiger partial charge in [0.1, 0.15) is 6.61 Å². The summed E-state index contributed by atoms with van der Waals surface area (Å²) in [6, 6.07) is 9.84. The number of hydrogen-bond donors (Lipinski definition) is 1. The molecule has 0 heterocycles. The first kappa shape index (κ1) is 21.9. The highest BCUT2D eigenvalue weighted by Crippen LogP contribution is 2.46. The number of ether oxygens (including phenoxy) is 1. The Kier molecular flexibility index (Phi) is 8.82. The van der Waals surface area contributed by atoms with Crippen molar-refractivity contribution in [2.24, 2.45) is 35.5 Å². The minimum Gasteiger partial charge on any atom is -0.461 e. The Morgan fingerprint density at radius 3 is 2.44 bits per heavy atom. The Balaban J connectivity index is 1.76. The van der Waals surface area contributed by atoms with Gasteiger partial charge in [0.15, 0.2) is 0 Å². The van der Waals surface area contributed by atoms with Crippen LogP contribution in [0.2, 0.25) is 0 Å². The highest BCUT2D eigenvalue weighted by Gasteiger charge is 2.39. The van der Waals surface area contributed by atoms with Crippen molar-refractivity contribution in [3.63, 3.8) is 0 Å². The number of esters is 1. The predicted octanol–water partition coefficient (Wildman–Crippen LogP) is 5.46. The van der Waals surface area contributed by atoms with Crippen LogP contribution < -0.4 is 0 Å². The SMILES string of the molecule is CC(C)C[C@@H](CO)[C@@H]1CCC([C@H](C)CCC(=O)OCc2ccccc2)[C@@H]1C. The standard InChI is InChI=1S/C24H38O3/c1-17(2)14-21(15-25)23-12-11-22(19(23)4)18(3)10-13-24(26)27-16-20-8-6-5-7-9-20/h5-9,17-19,21-23,25H,10-16H2,1-4H3/t18-,19+,21+,22?,23-/m1/s1. The van der Waals surface area contributed by atoms with Gasteiger partial charge in [0.25, 0.3) is 0 Å². The fraction of sp³-hybridized carbons (Fsp3) is 0.708. The number of rotatable bonds is 10. The molecule has 1 aromatic carbocycles. The normalized spacial score (nSPS) is 24.7. The largest absolute Gasteiger partial charge is 0.461 e. The molecule has 1 saturated carbocycles. The van der Waals surface area contributed by atoms with Gasteiger partial charge in [-0.2, -0.15) is 0 Å². The second-order valence-electron chi connectivity index (χ2n) is 9.00.